The van der Waals surface area contributed by atoms with Crippen LogP contribution in [0.1, 0.15) is 45.3 Å². The number of hydrogen-bond acceptors (Lipinski definition) is 5. The number of carbonyl (C=O) groups is 2. The van der Waals surface area contributed by atoms with Crippen LogP contribution in [-0.2, 0) is 24.2 Å². The van der Waals surface area contributed by atoms with E-state index >= 15 is 0 Å². The first-order valence-electron chi connectivity index (χ1n) is 12.4. The summed E-state index contributed by atoms with van der Waals surface area (Å²) in [6.45, 7) is 6.24. The standard InChI is InChI=1S/C30H30ClN3O4/c1-4-21-14-24(31)12-19(3)28(21)29(35)34-26(30(36)37)13-20-5-7-22(8-6-20)23-15-25(38-17-23)16-33-27-11-18(2)9-10-32-27/h5-12,14-15,17,26H,4,13,16H2,1-3H3,(H,32,33)(H,34,35)(H,36,37). The number of carbonyl (C=O) groups excluding carboxylic acids is 1. The van der Waals surface area contributed by atoms with Crippen LogP contribution in [0.15, 0.2) is 71.5 Å². The minimum absolute atomic E-state index is 0.152. The fourth-order valence-corrected chi connectivity index (χ4v) is 4.65. The monoisotopic (exact) mass is 531 g/mol. The highest BCUT2D eigenvalue weighted by atomic mass is 35.5. The summed E-state index contributed by atoms with van der Waals surface area (Å²) in [6.07, 6.45) is 4.21. The second-order valence-electron chi connectivity index (χ2n) is 9.25. The van der Waals surface area contributed by atoms with Gasteiger partial charge in [-0.1, -0.05) is 42.8 Å². The molecular formula is C30H30ClN3O4. The van der Waals surface area contributed by atoms with Crippen LogP contribution in [0.2, 0.25) is 5.02 Å². The molecule has 0 saturated heterocycles. The molecule has 38 heavy (non-hydrogen) atoms. The Bertz CT molecular complexity index is 1450. The highest BCUT2D eigenvalue weighted by Gasteiger charge is 2.23. The van der Waals surface area contributed by atoms with E-state index in [2.05, 4.69) is 15.6 Å². The number of aryl methyl sites for hydroxylation is 3. The molecular weight excluding hydrogens is 502 g/mol. The average molecular weight is 532 g/mol. The number of furan rings is 1. The van der Waals surface area contributed by atoms with Gasteiger partial charge in [0, 0.05) is 28.8 Å². The minimum Gasteiger partial charge on any atom is -0.480 e. The molecule has 4 aromatic rings. The quantitative estimate of drug-likeness (QED) is 0.225. The lowest BCUT2D eigenvalue weighted by Gasteiger charge is -2.18. The van der Waals surface area contributed by atoms with Crippen LogP contribution >= 0.6 is 11.6 Å². The van der Waals surface area contributed by atoms with Gasteiger partial charge in [0.05, 0.1) is 12.8 Å². The van der Waals surface area contributed by atoms with Gasteiger partial charge >= 0.3 is 5.97 Å². The predicted molar refractivity (Wildman–Crippen MR) is 149 cm³/mol. The van der Waals surface area contributed by atoms with E-state index in [0.717, 1.165) is 39.4 Å². The smallest absolute Gasteiger partial charge is 0.326 e. The fourth-order valence-electron chi connectivity index (χ4n) is 4.35. The van der Waals surface area contributed by atoms with E-state index in [9.17, 15) is 14.7 Å². The van der Waals surface area contributed by atoms with Crippen molar-refractivity contribution < 1.29 is 19.1 Å². The molecule has 196 valence electrons. The Balaban J connectivity index is 1.41. The highest BCUT2D eigenvalue weighted by Crippen LogP contribution is 2.24. The van der Waals surface area contributed by atoms with Crippen LogP contribution in [0.5, 0.6) is 0 Å². The number of nitrogens with one attached hydrogen (secondary N) is 2. The number of pyridine rings is 1. The molecule has 3 N–H and O–H groups in total. The van der Waals surface area contributed by atoms with E-state index < -0.39 is 17.9 Å². The summed E-state index contributed by atoms with van der Waals surface area (Å²) in [6, 6.07) is 15.8. The number of halogens is 1. The first-order chi connectivity index (χ1) is 18.2. The Morgan fingerprint density at radius 3 is 2.50 bits per heavy atom. The largest absolute Gasteiger partial charge is 0.480 e. The Morgan fingerprint density at radius 1 is 1.05 bits per heavy atom. The molecule has 0 aliphatic heterocycles. The topological polar surface area (TPSA) is 104 Å². The van der Waals surface area contributed by atoms with Crippen LogP contribution in [0, 0.1) is 13.8 Å². The molecule has 0 aliphatic carbocycles. The number of hydrogen-bond donors (Lipinski definition) is 3. The van der Waals surface area contributed by atoms with E-state index in [1.165, 1.54) is 0 Å². The van der Waals surface area contributed by atoms with E-state index in [-0.39, 0.29) is 6.42 Å². The van der Waals surface area contributed by atoms with Crippen LogP contribution in [0.4, 0.5) is 5.82 Å². The number of amides is 1. The van der Waals surface area contributed by atoms with Crippen LogP contribution in [0.3, 0.4) is 0 Å². The molecule has 7 nitrogen and oxygen atoms in total. The minimum atomic E-state index is -1.10. The molecule has 2 heterocycles. The van der Waals surface area contributed by atoms with Gasteiger partial charge in [-0.25, -0.2) is 9.78 Å². The molecule has 4 rings (SSSR count). The molecule has 1 atom stereocenters. The van der Waals surface area contributed by atoms with Crippen molar-refractivity contribution in [2.24, 2.45) is 0 Å². The Morgan fingerprint density at radius 2 is 1.82 bits per heavy atom. The van der Waals surface area contributed by atoms with Gasteiger partial charge in [0.1, 0.15) is 17.6 Å². The molecule has 0 bridgehead atoms. The van der Waals surface area contributed by atoms with E-state index in [1.807, 2.05) is 56.3 Å². The first-order valence-corrected chi connectivity index (χ1v) is 12.8. The Hall–Kier alpha value is -4.10. The summed E-state index contributed by atoms with van der Waals surface area (Å²) in [7, 11) is 0. The van der Waals surface area contributed by atoms with Gasteiger partial charge in [-0.15, -0.1) is 0 Å². The lowest BCUT2D eigenvalue weighted by molar-refractivity contribution is -0.139. The van der Waals surface area contributed by atoms with Gasteiger partial charge < -0.3 is 20.2 Å². The van der Waals surface area contributed by atoms with Gasteiger partial charge in [0.25, 0.3) is 5.91 Å². The summed E-state index contributed by atoms with van der Waals surface area (Å²) in [5.74, 6) is 0.0390. The normalized spacial score (nSPS) is 11.7. The molecule has 0 fully saturated rings. The van der Waals surface area contributed by atoms with Crippen molar-refractivity contribution >= 4 is 29.3 Å². The third-order valence-electron chi connectivity index (χ3n) is 6.33. The van der Waals surface area contributed by atoms with E-state index in [4.69, 9.17) is 16.0 Å². The summed E-state index contributed by atoms with van der Waals surface area (Å²) < 4.78 is 5.70. The summed E-state index contributed by atoms with van der Waals surface area (Å²) in [4.78, 5) is 29.3. The summed E-state index contributed by atoms with van der Waals surface area (Å²) >= 11 is 6.14. The maximum atomic E-state index is 13.0. The molecule has 0 spiro atoms. The maximum absolute atomic E-state index is 13.0. The number of carboxylic acid groups (broad SMARTS) is 1. The zero-order valence-corrected chi connectivity index (χ0v) is 22.3. The van der Waals surface area contributed by atoms with E-state index in [1.54, 1.807) is 31.5 Å². The third-order valence-corrected chi connectivity index (χ3v) is 6.55. The Kier molecular flexibility index (Phi) is 8.48. The summed E-state index contributed by atoms with van der Waals surface area (Å²) in [5.41, 5.74) is 5.74. The number of aromatic nitrogens is 1. The Labute approximate surface area is 226 Å². The van der Waals surface area contributed by atoms with Crippen molar-refractivity contribution in [2.75, 3.05) is 5.32 Å². The average Bonchev–Trinajstić information content (AvgIpc) is 3.36. The third kappa shape index (κ3) is 6.61. The van der Waals surface area contributed by atoms with Crippen LogP contribution < -0.4 is 10.6 Å². The zero-order chi connectivity index (χ0) is 27.2. The molecule has 1 unspecified atom stereocenters. The number of benzene rings is 2. The van der Waals surface area contributed by atoms with Gasteiger partial charge in [0.2, 0.25) is 0 Å². The molecule has 2 aromatic carbocycles. The fraction of sp³-hybridized carbons (Fsp3) is 0.233. The van der Waals surface area contributed by atoms with Gasteiger partial charge in [-0.05, 0) is 78.4 Å². The summed E-state index contributed by atoms with van der Waals surface area (Å²) in [5, 5.41) is 16.3. The van der Waals surface area contributed by atoms with Crippen LogP contribution in [-0.4, -0.2) is 28.0 Å². The number of carboxylic acids is 1. The van der Waals surface area contributed by atoms with Crippen molar-refractivity contribution in [3.05, 3.63) is 106 Å². The molecule has 0 saturated carbocycles. The van der Waals surface area contributed by atoms with Gasteiger partial charge in [-0.2, -0.15) is 0 Å². The van der Waals surface area contributed by atoms with Crippen molar-refractivity contribution in [1.82, 2.24) is 10.3 Å². The molecule has 1 amide bonds. The number of nitrogens with zero attached hydrogens (tertiary/aromatic N) is 1. The van der Waals surface area contributed by atoms with Crippen molar-refractivity contribution in [1.29, 1.82) is 0 Å². The molecule has 2 aromatic heterocycles. The lowest BCUT2D eigenvalue weighted by Crippen LogP contribution is -2.42. The SMILES string of the molecule is CCc1cc(Cl)cc(C)c1C(=O)NC(Cc1ccc(-c2coc(CNc3cc(C)ccn3)c2)cc1)C(=O)O. The van der Waals surface area contributed by atoms with Crippen molar-refractivity contribution in [2.45, 2.75) is 46.2 Å². The molecule has 8 heteroatoms. The lowest BCUT2D eigenvalue weighted by atomic mass is 9.98. The second kappa shape index (κ2) is 12.0. The van der Waals surface area contributed by atoms with Crippen molar-refractivity contribution in [3.63, 3.8) is 0 Å². The molecule has 0 radical (unpaired) electrons. The zero-order valence-electron chi connectivity index (χ0n) is 21.5. The number of aliphatic carboxylic acids is 1. The highest BCUT2D eigenvalue weighted by molar-refractivity contribution is 6.30. The van der Waals surface area contributed by atoms with Gasteiger partial charge in [-0.3, -0.25) is 4.79 Å². The predicted octanol–water partition coefficient (Wildman–Crippen LogP) is 6.21. The van der Waals surface area contributed by atoms with E-state index in [0.29, 0.717) is 29.1 Å². The van der Waals surface area contributed by atoms with Crippen LogP contribution in [0.25, 0.3) is 11.1 Å². The molecule has 0 aliphatic rings. The first kappa shape index (κ1) is 26.9. The maximum Gasteiger partial charge on any atom is 0.326 e. The number of rotatable bonds is 10. The van der Waals surface area contributed by atoms with Gasteiger partial charge in [0.15, 0.2) is 0 Å². The number of anilines is 1. The van der Waals surface area contributed by atoms with Crippen molar-refractivity contribution in [3.8, 4) is 11.1 Å². The second-order valence-corrected chi connectivity index (χ2v) is 9.69.